The van der Waals surface area contributed by atoms with Gasteiger partial charge in [0.1, 0.15) is 11.6 Å². The number of ether oxygens (including phenoxy) is 2. The number of halogens is 1. The van der Waals surface area contributed by atoms with Gasteiger partial charge in [-0.3, -0.25) is 0 Å². The van der Waals surface area contributed by atoms with Gasteiger partial charge in [0.15, 0.2) is 11.5 Å². The van der Waals surface area contributed by atoms with Crippen LogP contribution in [0.2, 0.25) is 0 Å². The van der Waals surface area contributed by atoms with E-state index in [4.69, 9.17) is 14.5 Å². The summed E-state index contributed by atoms with van der Waals surface area (Å²) >= 11 is 5.43. The summed E-state index contributed by atoms with van der Waals surface area (Å²) in [7, 11) is 0. The van der Waals surface area contributed by atoms with E-state index in [1.807, 2.05) is 13.0 Å². The third kappa shape index (κ3) is 6.14. The summed E-state index contributed by atoms with van der Waals surface area (Å²) in [5.74, 6) is 1.46. The third-order valence-corrected chi connectivity index (χ3v) is 7.70. The zero-order valence-corrected chi connectivity index (χ0v) is 23.6. The Balaban J connectivity index is 1.26. The molecule has 37 heavy (non-hydrogen) atoms. The molecule has 4 nitrogen and oxygen atoms in total. The molecule has 0 radical (unpaired) electrons. The van der Waals surface area contributed by atoms with Crippen molar-refractivity contribution < 1.29 is 9.47 Å². The van der Waals surface area contributed by atoms with E-state index in [2.05, 4.69) is 108 Å². The maximum absolute atomic E-state index is 6.15. The van der Waals surface area contributed by atoms with Gasteiger partial charge >= 0.3 is 0 Å². The van der Waals surface area contributed by atoms with Crippen LogP contribution >= 0.6 is 27.3 Å². The van der Waals surface area contributed by atoms with Gasteiger partial charge in [0.2, 0.25) is 0 Å². The zero-order valence-electron chi connectivity index (χ0n) is 21.2. The van der Waals surface area contributed by atoms with E-state index in [0.29, 0.717) is 19.8 Å². The Labute approximate surface area is 230 Å². The van der Waals surface area contributed by atoms with Crippen LogP contribution in [0.4, 0.5) is 5.69 Å². The van der Waals surface area contributed by atoms with Crippen molar-refractivity contribution in [2.75, 3.05) is 11.9 Å². The fourth-order valence-electron chi connectivity index (χ4n) is 4.06. The number of rotatable bonds is 9. The Morgan fingerprint density at radius 1 is 0.838 bits per heavy atom. The highest BCUT2D eigenvalue weighted by molar-refractivity contribution is 9.10. The number of anilines is 1. The lowest BCUT2D eigenvalue weighted by atomic mass is 10.1. The van der Waals surface area contributed by atoms with Gasteiger partial charge in [-0.15, -0.1) is 11.3 Å². The molecular weight excluding hydrogens is 544 g/mol. The maximum atomic E-state index is 6.15. The fourth-order valence-corrected chi connectivity index (χ4v) is 5.73. The van der Waals surface area contributed by atoms with Crippen LogP contribution in [0.5, 0.6) is 11.5 Å². The Kier molecular flexibility index (Phi) is 7.77. The molecule has 5 rings (SSSR count). The van der Waals surface area contributed by atoms with E-state index in [9.17, 15) is 0 Å². The van der Waals surface area contributed by atoms with Gasteiger partial charge in [0.25, 0.3) is 0 Å². The van der Waals surface area contributed by atoms with Crippen LogP contribution in [0.3, 0.4) is 0 Å². The van der Waals surface area contributed by atoms with Crippen molar-refractivity contribution in [2.45, 2.75) is 33.9 Å². The number of aryl methyl sites for hydroxylation is 2. The average Bonchev–Trinajstić information content (AvgIpc) is 3.32. The molecule has 5 aromatic rings. The van der Waals surface area contributed by atoms with Crippen molar-refractivity contribution in [3.8, 4) is 22.1 Å². The molecule has 4 aromatic carbocycles. The molecule has 188 valence electrons. The quantitative estimate of drug-likeness (QED) is 0.191. The minimum Gasteiger partial charge on any atom is -0.490 e. The first-order chi connectivity index (χ1) is 18.0. The number of hydrogen-bond acceptors (Lipinski definition) is 5. The normalized spacial score (nSPS) is 11.0. The molecule has 0 unspecified atom stereocenters. The van der Waals surface area contributed by atoms with E-state index in [1.165, 1.54) is 15.8 Å². The first-order valence-corrected chi connectivity index (χ1v) is 13.9. The number of nitrogens with zero attached hydrogens (tertiary/aromatic N) is 1. The highest BCUT2D eigenvalue weighted by Crippen LogP contribution is 2.38. The van der Waals surface area contributed by atoms with Crippen molar-refractivity contribution in [1.29, 1.82) is 0 Å². The van der Waals surface area contributed by atoms with Crippen LogP contribution in [-0.2, 0) is 13.2 Å². The molecule has 0 saturated carbocycles. The van der Waals surface area contributed by atoms with Crippen LogP contribution < -0.4 is 14.8 Å². The lowest BCUT2D eigenvalue weighted by Crippen LogP contribution is -2.04. The molecule has 1 N–H and O–H groups in total. The molecular formula is C31H29BrN2O2S. The number of thiazole rings is 1. The fraction of sp³-hybridized carbons (Fsp3) is 0.194. The number of fused-ring (bicyclic) bond motifs is 1. The maximum Gasteiger partial charge on any atom is 0.175 e. The number of nitrogens with one attached hydrogen (secondary N) is 1. The topological polar surface area (TPSA) is 43.4 Å². The Hall–Kier alpha value is -3.35. The number of hydrogen-bond donors (Lipinski definition) is 1. The summed E-state index contributed by atoms with van der Waals surface area (Å²) < 4.78 is 14.2. The lowest BCUT2D eigenvalue weighted by molar-refractivity contribution is 0.267. The minimum absolute atomic E-state index is 0.483. The highest BCUT2D eigenvalue weighted by Gasteiger charge is 2.13. The summed E-state index contributed by atoms with van der Waals surface area (Å²) in [6.07, 6.45) is 0. The number of aromatic nitrogens is 1. The lowest BCUT2D eigenvalue weighted by Gasteiger charge is -2.16. The highest BCUT2D eigenvalue weighted by atomic mass is 79.9. The van der Waals surface area contributed by atoms with Crippen molar-refractivity contribution >= 4 is 43.2 Å². The van der Waals surface area contributed by atoms with Crippen molar-refractivity contribution in [3.63, 3.8) is 0 Å². The Morgan fingerprint density at radius 2 is 1.59 bits per heavy atom. The average molecular weight is 574 g/mol. The van der Waals surface area contributed by atoms with Gasteiger partial charge < -0.3 is 14.8 Å². The second-order valence-electron chi connectivity index (χ2n) is 9.03. The van der Waals surface area contributed by atoms with Crippen molar-refractivity contribution in [1.82, 2.24) is 4.98 Å². The van der Waals surface area contributed by atoms with Gasteiger partial charge in [0.05, 0.1) is 21.3 Å². The van der Waals surface area contributed by atoms with Gasteiger partial charge in [-0.2, -0.15) is 0 Å². The predicted octanol–water partition coefficient (Wildman–Crippen LogP) is 8.93. The molecule has 6 heteroatoms. The molecule has 0 aliphatic heterocycles. The molecule has 1 heterocycles. The van der Waals surface area contributed by atoms with E-state index in [1.54, 1.807) is 11.3 Å². The van der Waals surface area contributed by atoms with Crippen molar-refractivity contribution in [3.05, 3.63) is 106 Å². The molecule has 1 aromatic heterocycles. The first-order valence-electron chi connectivity index (χ1n) is 12.3. The molecule has 0 aliphatic carbocycles. The van der Waals surface area contributed by atoms with Crippen LogP contribution in [0.25, 0.3) is 20.8 Å². The molecule has 0 spiro atoms. The SMILES string of the molecule is CCOc1cc(CNc2ccc(-c3nc4ccc(C)cc4s3)cc2)cc(Br)c1OCc1ccc(C)cc1. The summed E-state index contributed by atoms with van der Waals surface area (Å²) in [6.45, 7) is 7.89. The summed E-state index contributed by atoms with van der Waals surface area (Å²) in [5.41, 5.74) is 7.94. The van der Waals surface area contributed by atoms with E-state index < -0.39 is 0 Å². The third-order valence-electron chi connectivity index (χ3n) is 6.05. The molecule has 0 bridgehead atoms. The molecule has 0 saturated heterocycles. The van der Waals surface area contributed by atoms with Crippen LogP contribution in [0, 0.1) is 13.8 Å². The van der Waals surface area contributed by atoms with E-state index in [-0.39, 0.29) is 0 Å². The van der Waals surface area contributed by atoms with E-state index >= 15 is 0 Å². The Bertz CT molecular complexity index is 1510. The van der Waals surface area contributed by atoms with Gasteiger partial charge in [-0.1, -0.05) is 35.9 Å². The van der Waals surface area contributed by atoms with Gasteiger partial charge in [-0.25, -0.2) is 4.98 Å². The second-order valence-corrected chi connectivity index (χ2v) is 10.9. The minimum atomic E-state index is 0.483. The molecule has 0 atom stereocenters. The Morgan fingerprint density at radius 3 is 2.35 bits per heavy atom. The second kappa shape index (κ2) is 11.4. The monoisotopic (exact) mass is 572 g/mol. The molecule has 0 fully saturated rings. The summed E-state index contributed by atoms with van der Waals surface area (Å²) in [5, 5.41) is 4.56. The standard InChI is InChI=1S/C31H29BrN2O2S/c1-4-35-28-17-23(16-26(32)30(28)36-19-22-8-5-20(2)6-9-22)18-33-25-12-10-24(11-13-25)31-34-27-14-7-21(3)15-29(27)37-31/h5-17,33H,4,18-19H2,1-3H3. The first kappa shape index (κ1) is 25.3. The van der Waals surface area contributed by atoms with Gasteiger partial charge in [-0.05, 0) is 102 Å². The van der Waals surface area contributed by atoms with Crippen LogP contribution in [0.15, 0.2) is 83.3 Å². The smallest absolute Gasteiger partial charge is 0.175 e. The predicted molar refractivity (Wildman–Crippen MR) is 158 cm³/mol. The largest absolute Gasteiger partial charge is 0.490 e. The molecule has 0 amide bonds. The zero-order chi connectivity index (χ0) is 25.8. The number of benzene rings is 4. The van der Waals surface area contributed by atoms with Crippen LogP contribution in [-0.4, -0.2) is 11.6 Å². The summed E-state index contributed by atoms with van der Waals surface area (Å²) in [4.78, 5) is 4.80. The van der Waals surface area contributed by atoms with Gasteiger partial charge in [0, 0.05) is 17.8 Å². The van der Waals surface area contributed by atoms with Crippen LogP contribution in [0.1, 0.15) is 29.2 Å². The van der Waals surface area contributed by atoms with Crippen molar-refractivity contribution in [2.24, 2.45) is 0 Å². The summed E-state index contributed by atoms with van der Waals surface area (Å²) in [6, 6.07) is 27.3. The van der Waals surface area contributed by atoms with E-state index in [0.717, 1.165) is 48.9 Å². The molecule has 0 aliphatic rings.